The molecule has 2 aromatic rings. The number of rotatable bonds is 4. The SMILES string of the molecule is CCc1nn(C)cc1Nc1ccc(C(C)=O)cc1. The Hall–Kier alpha value is -2.10. The van der Waals surface area contributed by atoms with Gasteiger partial charge in [0.25, 0.3) is 0 Å². The quantitative estimate of drug-likeness (QED) is 0.840. The highest BCUT2D eigenvalue weighted by molar-refractivity contribution is 5.94. The monoisotopic (exact) mass is 243 g/mol. The molecule has 0 fully saturated rings. The Balaban J connectivity index is 2.20. The summed E-state index contributed by atoms with van der Waals surface area (Å²) in [6.07, 6.45) is 2.84. The van der Waals surface area contributed by atoms with E-state index in [9.17, 15) is 4.79 Å². The molecule has 0 aliphatic rings. The molecule has 1 N–H and O–H groups in total. The van der Waals surface area contributed by atoms with Gasteiger partial charge in [0, 0.05) is 24.5 Å². The van der Waals surface area contributed by atoms with Crippen molar-refractivity contribution in [3.63, 3.8) is 0 Å². The van der Waals surface area contributed by atoms with Gasteiger partial charge in [0.2, 0.25) is 0 Å². The van der Waals surface area contributed by atoms with Crippen molar-refractivity contribution < 1.29 is 4.79 Å². The van der Waals surface area contributed by atoms with E-state index in [-0.39, 0.29) is 5.78 Å². The standard InChI is InChI=1S/C14H17N3O/c1-4-13-14(9-17(3)16-13)15-12-7-5-11(6-8-12)10(2)18/h5-9,15H,4H2,1-3H3. The minimum Gasteiger partial charge on any atom is -0.353 e. The van der Waals surface area contributed by atoms with Gasteiger partial charge in [-0.25, -0.2) is 0 Å². The fourth-order valence-corrected chi connectivity index (χ4v) is 1.84. The van der Waals surface area contributed by atoms with E-state index in [2.05, 4.69) is 17.3 Å². The minimum atomic E-state index is 0.0807. The van der Waals surface area contributed by atoms with Gasteiger partial charge in [-0.3, -0.25) is 9.48 Å². The predicted octanol–water partition coefficient (Wildman–Crippen LogP) is 2.93. The highest BCUT2D eigenvalue weighted by Gasteiger charge is 2.06. The molecule has 0 saturated heterocycles. The molecule has 0 atom stereocenters. The zero-order valence-electron chi connectivity index (χ0n) is 10.9. The molecular formula is C14H17N3O. The number of carbonyl (C=O) groups is 1. The maximum absolute atomic E-state index is 11.2. The Morgan fingerprint density at radius 3 is 2.56 bits per heavy atom. The van der Waals surface area contributed by atoms with Crippen molar-refractivity contribution in [2.75, 3.05) is 5.32 Å². The summed E-state index contributed by atoms with van der Waals surface area (Å²) >= 11 is 0. The van der Waals surface area contributed by atoms with Crippen molar-refractivity contribution in [3.05, 3.63) is 41.7 Å². The maximum Gasteiger partial charge on any atom is 0.159 e. The predicted molar refractivity (Wildman–Crippen MR) is 72.3 cm³/mol. The van der Waals surface area contributed by atoms with E-state index in [1.54, 1.807) is 11.6 Å². The van der Waals surface area contributed by atoms with Crippen LogP contribution < -0.4 is 5.32 Å². The summed E-state index contributed by atoms with van der Waals surface area (Å²) in [5.74, 6) is 0.0807. The van der Waals surface area contributed by atoms with Crippen molar-refractivity contribution in [2.45, 2.75) is 20.3 Å². The number of ketones is 1. The van der Waals surface area contributed by atoms with Crippen LogP contribution in [0.5, 0.6) is 0 Å². The zero-order chi connectivity index (χ0) is 13.1. The topological polar surface area (TPSA) is 46.9 Å². The Morgan fingerprint density at radius 1 is 1.33 bits per heavy atom. The number of carbonyl (C=O) groups excluding carboxylic acids is 1. The molecule has 0 amide bonds. The van der Waals surface area contributed by atoms with Crippen LogP contribution in [0.1, 0.15) is 29.9 Å². The fourth-order valence-electron chi connectivity index (χ4n) is 1.84. The van der Waals surface area contributed by atoms with E-state index in [0.717, 1.165) is 29.1 Å². The van der Waals surface area contributed by atoms with Crippen LogP contribution >= 0.6 is 0 Å². The second-order valence-electron chi connectivity index (χ2n) is 4.28. The highest BCUT2D eigenvalue weighted by atomic mass is 16.1. The van der Waals surface area contributed by atoms with Crippen LogP contribution in [-0.2, 0) is 13.5 Å². The Bertz CT molecular complexity index is 555. The molecule has 0 saturated carbocycles. The van der Waals surface area contributed by atoms with E-state index >= 15 is 0 Å². The average molecular weight is 243 g/mol. The summed E-state index contributed by atoms with van der Waals surface area (Å²) in [4.78, 5) is 11.2. The van der Waals surface area contributed by atoms with E-state index in [1.807, 2.05) is 37.5 Å². The van der Waals surface area contributed by atoms with E-state index < -0.39 is 0 Å². The number of Topliss-reactive ketones (excluding diaryl/α,β-unsaturated/α-hetero) is 1. The molecular weight excluding hydrogens is 226 g/mol. The summed E-state index contributed by atoms with van der Waals surface area (Å²) in [7, 11) is 1.91. The van der Waals surface area contributed by atoms with Crippen molar-refractivity contribution in [2.24, 2.45) is 7.05 Å². The molecule has 0 radical (unpaired) electrons. The van der Waals surface area contributed by atoms with Gasteiger partial charge in [-0.15, -0.1) is 0 Å². The lowest BCUT2D eigenvalue weighted by molar-refractivity contribution is 0.101. The zero-order valence-corrected chi connectivity index (χ0v) is 10.9. The van der Waals surface area contributed by atoms with Crippen LogP contribution in [0.25, 0.3) is 0 Å². The Morgan fingerprint density at radius 2 is 2.00 bits per heavy atom. The second kappa shape index (κ2) is 5.04. The molecule has 4 nitrogen and oxygen atoms in total. The van der Waals surface area contributed by atoms with Crippen LogP contribution in [0.15, 0.2) is 30.5 Å². The van der Waals surface area contributed by atoms with Crippen molar-refractivity contribution in [3.8, 4) is 0 Å². The van der Waals surface area contributed by atoms with E-state index in [0.29, 0.717) is 0 Å². The smallest absolute Gasteiger partial charge is 0.159 e. The van der Waals surface area contributed by atoms with Crippen molar-refractivity contribution in [1.29, 1.82) is 0 Å². The highest BCUT2D eigenvalue weighted by Crippen LogP contribution is 2.20. The van der Waals surface area contributed by atoms with Crippen molar-refractivity contribution in [1.82, 2.24) is 9.78 Å². The first kappa shape index (κ1) is 12.4. The molecule has 1 heterocycles. The number of hydrogen-bond donors (Lipinski definition) is 1. The van der Waals surface area contributed by atoms with Crippen LogP contribution in [0.3, 0.4) is 0 Å². The molecule has 0 aliphatic heterocycles. The van der Waals surface area contributed by atoms with Crippen LogP contribution in [0.2, 0.25) is 0 Å². The summed E-state index contributed by atoms with van der Waals surface area (Å²) in [5.41, 5.74) is 3.73. The number of benzene rings is 1. The number of hydrogen-bond acceptors (Lipinski definition) is 3. The first-order chi connectivity index (χ1) is 8.60. The van der Waals surface area contributed by atoms with E-state index in [4.69, 9.17) is 0 Å². The third-order valence-electron chi connectivity index (χ3n) is 2.81. The van der Waals surface area contributed by atoms with Crippen LogP contribution in [0, 0.1) is 0 Å². The lowest BCUT2D eigenvalue weighted by Gasteiger charge is -2.05. The van der Waals surface area contributed by atoms with Gasteiger partial charge >= 0.3 is 0 Å². The molecule has 0 spiro atoms. The molecule has 1 aromatic heterocycles. The van der Waals surface area contributed by atoms with E-state index in [1.165, 1.54) is 0 Å². The molecule has 94 valence electrons. The Kier molecular flexibility index (Phi) is 3.46. The molecule has 0 bridgehead atoms. The van der Waals surface area contributed by atoms with Gasteiger partial charge < -0.3 is 5.32 Å². The summed E-state index contributed by atoms with van der Waals surface area (Å²) in [5, 5.41) is 7.69. The van der Waals surface area contributed by atoms with Gasteiger partial charge in [-0.1, -0.05) is 6.92 Å². The van der Waals surface area contributed by atoms with Crippen LogP contribution in [0.4, 0.5) is 11.4 Å². The number of nitrogens with one attached hydrogen (secondary N) is 1. The van der Waals surface area contributed by atoms with Crippen molar-refractivity contribution >= 4 is 17.2 Å². The average Bonchev–Trinajstić information content (AvgIpc) is 2.70. The molecule has 2 rings (SSSR count). The van der Waals surface area contributed by atoms with Crippen LogP contribution in [-0.4, -0.2) is 15.6 Å². The lowest BCUT2D eigenvalue weighted by atomic mass is 10.1. The molecule has 0 unspecified atom stereocenters. The molecule has 18 heavy (non-hydrogen) atoms. The molecule has 1 aromatic carbocycles. The summed E-state index contributed by atoms with van der Waals surface area (Å²) < 4.78 is 1.80. The van der Waals surface area contributed by atoms with Gasteiger partial charge in [-0.2, -0.15) is 5.10 Å². The summed E-state index contributed by atoms with van der Waals surface area (Å²) in [6, 6.07) is 7.46. The fraction of sp³-hybridized carbons (Fsp3) is 0.286. The normalized spacial score (nSPS) is 10.4. The number of nitrogens with zero attached hydrogens (tertiary/aromatic N) is 2. The third kappa shape index (κ3) is 2.59. The lowest BCUT2D eigenvalue weighted by Crippen LogP contribution is -1.95. The first-order valence-electron chi connectivity index (χ1n) is 6.00. The number of aromatic nitrogens is 2. The number of aryl methyl sites for hydroxylation is 2. The summed E-state index contributed by atoms with van der Waals surface area (Å²) in [6.45, 7) is 3.64. The molecule has 0 aliphatic carbocycles. The van der Waals surface area contributed by atoms with Gasteiger partial charge in [-0.05, 0) is 37.6 Å². The molecule has 4 heteroatoms. The maximum atomic E-state index is 11.2. The largest absolute Gasteiger partial charge is 0.353 e. The first-order valence-corrected chi connectivity index (χ1v) is 6.00. The van der Waals surface area contributed by atoms with Gasteiger partial charge in [0.1, 0.15) is 0 Å². The second-order valence-corrected chi connectivity index (χ2v) is 4.28. The minimum absolute atomic E-state index is 0.0807. The third-order valence-corrected chi connectivity index (χ3v) is 2.81. The Labute approximate surface area is 107 Å². The van der Waals surface area contributed by atoms with Gasteiger partial charge in [0.15, 0.2) is 5.78 Å². The van der Waals surface area contributed by atoms with Gasteiger partial charge in [0.05, 0.1) is 11.4 Å². The number of anilines is 2.